The number of aromatic nitrogens is 1. The average molecular weight is 555 g/mol. The van der Waals surface area contributed by atoms with E-state index in [1.165, 1.54) is 12.1 Å². The third kappa shape index (κ3) is 8.79. The molecule has 3 aromatic rings. The number of thiol groups is 1. The Morgan fingerprint density at radius 2 is 1.69 bits per heavy atom. The summed E-state index contributed by atoms with van der Waals surface area (Å²) < 4.78 is 0. The van der Waals surface area contributed by atoms with Crippen molar-refractivity contribution in [3.8, 4) is 5.75 Å². The fourth-order valence-corrected chi connectivity index (χ4v) is 4.49. The van der Waals surface area contributed by atoms with Crippen LogP contribution >= 0.6 is 12.6 Å². The maximum absolute atomic E-state index is 13.1. The fraction of sp³-hybridized carbons (Fsp3) is 0.321. The number of H-pyrrole nitrogens is 1. The molecule has 0 saturated carbocycles. The minimum absolute atomic E-state index is 0.0753. The molecule has 0 radical (unpaired) electrons. The average Bonchev–Trinajstić information content (AvgIpc) is 3.32. The Bertz CT molecular complexity index is 1290. The number of fused-ring (bicyclic) bond motifs is 1. The van der Waals surface area contributed by atoms with Gasteiger partial charge in [0.2, 0.25) is 5.91 Å². The fourth-order valence-electron chi connectivity index (χ4n) is 4.25. The second kappa shape index (κ2) is 14.3. The summed E-state index contributed by atoms with van der Waals surface area (Å²) in [4.78, 5) is 39.2. The lowest BCUT2D eigenvalue weighted by molar-refractivity contribution is -0.141. The molecule has 3 atom stereocenters. The Kier molecular flexibility index (Phi) is 10.8. The Morgan fingerprint density at radius 3 is 2.36 bits per heavy atom. The standard InChI is InChI=1S/C28H34N4O6S/c1-17(22(10-11-26(34)35)29-13-12-19-15-30-23-5-3-2-4-21(19)23)31-24(14-18-6-8-20(33)9-7-18)27(36)32-25(16-39)28(37)38/h2-9,15,22,24-25,29-31,33,39H,1,10-14,16H2,(H,32,36)(H,34,35)(H,37,38). The number of phenols is 1. The van der Waals surface area contributed by atoms with Gasteiger partial charge in [0.1, 0.15) is 17.8 Å². The molecule has 1 aromatic heterocycles. The van der Waals surface area contributed by atoms with Crippen LogP contribution in [0.2, 0.25) is 0 Å². The predicted octanol–water partition coefficient (Wildman–Crippen LogP) is 2.45. The third-order valence-corrected chi connectivity index (χ3v) is 6.74. The van der Waals surface area contributed by atoms with Gasteiger partial charge in [0, 0.05) is 47.4 Å². The quantitative estimate of drug-likeness (QED) is 0.125. The molecular formula is C28H34N4O6S. The van der Waals surface area contributed by atoms with E-state index in [1.807, 2.05) is 30.5 Å². The molecule has 2 aromatic carbocycles. The van der Waals surface area contributed by atoms with E-state index < -0.39 is 36.0 Å². The van der Waals surface area contributed by atoms with Crippen LogP contribution < -0.4 is 16.0 Å². The highest BCUT2D eigenvalue weighted by Crippen LogP contribution is 2.18. The maximum atomic E-state index is 13.1. The molecule has 3 rings (SSSR count). The Labute approximate surface area is 231 Å². The molecule has 1 heterocycles. The van der Waals surface area contributed by atoms with Crippen LogP contribution in [0.3, 0.4) is 0 Å². The van der Waals surface area contributed by atoms with Gasteiger partial charge >= 0.3 is 11.9 Å². The second-order valence-corrected chi connectivity index (χ2v) is 9.59. The van der Waals surface area contributed by atoms with Gasteiger partial charge in [0.15, 0.2) is 0 Å². The van der Waals surface area contributed by atoms with Gasteiger partial charge in [-0.3, -0.25) is 9.59 Å². The lowest BCUT2D eigenvalue weighted by atomic mass is 10.0. The molecule has 0 fully saturated rings. The number of hydrogen-bond donors (Lipinski definition) is 8. The van der Waals surface area contributed by atoms with E-state index in [0.29, 0.717) is 18.7 Å². The number of benzene rings is 2. The van der Waals surface area contributed by atoms with Gasteiger partial charge in [-0.2, -0.15) is 12.6 Å². The summed E-state index contributed by atoms with van der Waals surface area (Å²) in [5.74, 6) is -2.75. The van der Waals surface area contributed by atoms with Gasteiger partial charge in [-0.25, -0.2) is 4.79 Å². The number of hydrogen-bond acceptors (Lipinski definition) is 7. The second-order valence-electron chi connectivity index (χ2n) is 9.22. The highest BCUT2D eigenvalue weighted by molar-refractivity contribution is 7.80. The van der Waals surface area contributed by atoms with Crippen molar-refractivity contribution in [2.24, 2.45) is 0 Å². The third-order valence-electron chi connectivity index (χ3n) is 6.38. The molecule has 0 aliphatic rings. The molecule has 39 heavy (non-hydrogen) atoms. The van der Waals surface area contributed by atoms with E-state index in [1.54, 1.807) is 12.1 Å². The van der Waals surface area contributed by atoms with Crippen LogP contribution in [0.4, 0.5) is 0 Å². The van der Waals surface area contributed by atoms with Gasteiger partial charge < -0.3 is 36.3 Å². The van der Waals surface area contributed by atoms with Crippen LogP contribution in [0, 0.1) is 0 Å². The molecule has 0 bridgehead atoms. The molecule has 0 aliphatic heterocycles. The minimum Gasteiger partial charge on any atom is -0.508 e. The lowest BCUT2D eigenvalue weighted by Gasteiger charge is -2.27. The van der Waals surface area contributed by atoms with Gasteiger partial charge in [-0.05, 0) is 48.7 Å². The van der Waals surface area contributed by atoms with Gasteiger partial charge in [0.25, 0.3) is 0 Å². The molecule has 7 N–H and O–H groups in total. The van der Waals surface area contributed by atoms with Crippen molar-refractivity contribution in [2.75, 3.05) is 12.3 Å². The Balaban J connectivity index is 1.73. The maximum Gasteiger partial charge on any atom is 0.327 e. The number of carboxylic acids is 2. The van der Waals surface area contributed by atoms with Crippen LogP contribution in [0.5, 0.6) is 5.75 Å². The van der Waals surface area contributed by atoms with E-state index >= 15 is 0 Å². The first-order chi connectivity index (χ1) is 18.7. The number of rotatable bonds is 16. The SMILES string of the molecule is C=C(NC(Cc1ccc(O)cc1)C(=O)NC(CS)C(=O)O)C(CCC(=O)O)NCCc1c[nH]c2ccccc12. The minimum atomic E-state index is -1.21. The van der Waals surface area contributed by atoms with Crippen molar-refractivity contribution < 1.29 is 29.7 Å². The zero-order valence-corrected chi connectivity index (χ0v) is 22.3. The van der Waals surface area contributed by atoms with Gasteiger partial charge in [-0.15, -0.1) is 0 Å². The topological polar surface area (TPSA) is 164 Å². The number of aliphatic carboxylic acids is 2. The van der Waals surface area contributed by atoms with Crippen LogP contribution in [0.15, 0.2) is 67.0 Å². The van der Waals surface area contributed by atoms with Crippen molar-refractivity contribution in [3.05, 3.63) is 78.1 Å². The van der Waals surface area contributed by atoms with E-state index in [2.05, 4.69) is 40.1 Å². The van der Waals surface area contributed by atoms with Crippen LogP contribution in [-0.4, -0.2) is 68.6 Å². The molecular weight excluding hydrogens is 520 g/mol. The van der Waals surface area contributed by atoms with Crippen molar-refractivity contribution in [1.29, 1.82) is 0 Å². The summed E-state index contributed by atoms with van der Waals surface area (Å²) in [5.41, 5.74) is 3.28. The van der Waals surface area contributed by atoms with Crippen LogP contribution in [0.1, 0.15) is 24.0 Å². The van der Waals surface area contributed by atoms with E-state index in [0.717, 1.165) is 22.0 Å². The van der Waals surface area contributed by atoms with Crippen LogP contribution in [0.25, 0.3) is 10.9 Å². The molecule has 10 nitrogen and oxygen atoms in total. The number of aromatic amines is 1. The van der Waals surface area contributed by atoms with Gasteiger partial charge in [0.05, 0.1) is 0 Å². The smallest absolute Gasteiger partial charge is 0.327 e. The Morgan fingerprint density at radius 1 is 0.974 bits per heavy atom. The summed E-state index contributed by atoms with van der Waals surface area (Å²) in [5, 5.41) is 38.3. The zero-order chi connectivity index (χ0) is 28.4. The van der Waals surface area contributed by atoms with E-state index in [-0.39, 0.29) is 30.8 Å². The highest BCUT2D eigenvalue weighted by Gasteiger charge is 2.27. The van der Waals surface area contributed by atoms with Crippen molar-refractivity contribution >= 4 is 41.4 Å². The molecule has 3 unspecified atom stereocenters. The number of carbonyl (C=O) groups is 3. The van der Waals surface area contributed by atoms with Crippen molar-refractivity contribution in [3.63, 3.8) is 0 Å². The highest BCUT2D eigenvalue weighted by atomic mass is 32.1. The Hall–Kier alpha value is -3.96. The monoisotopic (exact) mass is 554 g/mol. The summed E-state index contributed by atoms with van der Waals surface area (Å²) in [6, 6.07) is 11.7. The molecule has 1 amide bonds. The van der Waals surface area contributed by atoms with Crippen LogP contribution in [-0.2, 0) is 27.2 Å². The number of aromatic hydroxyl groups is 1. The number of carboxylic acid groups (broad SMARTS) is 2. The normalized spacial score (nSPS) is 13.4. The molecule has 11 heteroatoms. The van der Waals surface area contributed by atoms with Crippen molar-refractivity contribution in [2.45, 2.75) is 43.8 Å². The molecule has 208 valence electrons. The molecule has 0 spiro atoms. The summed E-state index contributed by atoms with van der Waals surface area (Å²) >= 11 is 4.01. The largest absolute Gasteiger partial charge is 0.508 e. The predicted molar refractivity (Wildman–Crippen MR) is 152 cm³/mol. The summed E-state index contributed by atoms with van der Waals surface area (Å²) in [6.45, 7) is 4.62. The number of nitrogens with one attached hydrogen (secondary N) is 4. The first-order valence-corrected chi connectivity index (χ1v) is 13.2. The van der Waals surface area contributed by atoms with E-state index in [9.17, 15) is 29.7 Å². The number of phenolic OH excluding ortho intramolecular Hbond substituents is 1. The molecule has 0 aliphatic carbocycles. The number of carbonyl (C=O) groups excluding carboxylic acids is 1. The van der Waals surface area contributed by atoms with E-state index in [4.69, 9.17) is 0 Å². The van der Waals surface area contributed by atoms with Crippen molar-refractivity contribution in [1.82, 2.24) is 20.9 Å². The molecule has 0 saturated heterocycles. The first-order valence-electron chi connectivity index (χ1n) is 12.6. The summed E-state index contributed by atoms with van der Waals surface area (Å²) in [6.07, 6.45) is 2.92. The zero-order valence-electron chi connectivity index (χ0n) is 21.4. The number of para-hydroxylation sites is 1. The summed E-state index contributed by atoms with van der Waals surface area (Å²) in [7, 11) is 0. The number of amides is 1. The first kappa shape index (κ1) is 29.6. The lowest BCUT2D eigenvalue weighted by Crippen LogP contribution is -2.53. The van der Waals surface area contributed by atoms with Gasteiger partial charge in [-0.1, -0.05) is 36.9 Å².